The molecule has 0 fully saturated rings. The van der Waals surface area contributed by atoms with Crippen LogP contribution in [-0.4, -0.2) is 29.8 Å². The first-order valence-electron chi connectivity index (χ1n) is 8.18. The van der Waals surface area contributed by atoms with Crippen molar-refractivity contribution in [2.75, 3.05) is 19.6 Å². The van der Waals surface area contributed by atoms with Crippen LogP contribution in [0.3, 0.4) is 0 Å². The molecule has 0 atom stereocenters. The molecular weight excluding hydrogens is 382 g/mol. The molecule has 0 radical (unpaired) electrons. The van der Waals surface area contributed by atoms with Crippen LogP contribution in [0.5, 0.6) is 11.5 Å². The molecule has 1 amide bonds. The third kappa shape index (κ3) is 3.12. The maximum atomic E-state index is 12.9. The summed E-state index contributed by atoms with van der Waals surface area (Å²) in [5, 5.41) is 2.18. The second-order valence-corrected chi connectivity index (χ2v) is 6.63. The number of rotatable bonds is 5. The third-order valence-electron chi connectivity index (χ3n) is 4.12. The van der Waals surface area contributed by atoms with E-state index in [1.54, 1.807) is 35.7 Å². The molecule has 3 heterocycles. The highest BCUT2D eigenvalue weighted by Crippen LogP contribution is 2.30. The predicted octanol–water partition coefficient (Wildman–Crippen LogP) is 3.12. The number of fused-ring (bicyclic) bond motifs is 1. The summed E-state index contributed by atoms with van der Waals surface area (Å²) in [4.78, 5) is 30.4. The maximum Gasteiger partial charge on any atom is 0.281 e. The smallest absolute Gasteiger partial charge is 0.281 e. The standard InChI is InChI=1S/C19H15N3O5S/c1-25-12-6-11(7-13(8-12)26-2)17(23)21-22-10-20-18-16(19(22)24)14(9-28-18)15-4-3-5-27-15/h3-10H,1-2H3,(H,21,23). The Labute approximate surface area is 162 Å². The quantitative estimate of drug-likeness (QED) is 0.556. The van der Waals surface area contributed by atoms with Gasteiger partial charge in [-0.15, -0.1) is 11.3 Å². The minimum absolute atomic E-state index is 0.278. The fraction of sp³-hybridized carbons (Fsp3) is 0.105. The number of aromatic nitrogens is 2. The van der Waals surface area contributed by atoms with Gasteiger partial charge in [0.1, 0.15) is 28.4 Å². The van der Waals surface area contributed by atoms with Crippen LogP contribution in [0.25, 0.3) is 21.5 Å². The summed E-state index contributed by atoms with van der Waals surface area (Å²) in [7, 11) is 2.98. The molecule has 0 unspecified atom stereocenters. The van der Waals surface area contributed by atoms with Crippen molar-refractivity contribution in [1.82, 2.24) is 9.66 Å². The Morgan fingerprint density at radius 2 is 1.96 bits per heavy atom. The molecule has 0 spiro atoms. The molecule has 4 rings (SSSR count). The van der Waals surface area contributed by atoms with Crippen LogP contribution in [0.15, 0.2) is 57.5 Å². The van der Waals surface area contributed by atoms with Gasteiger partial charge in [-0.05, 0) is 24.3 Å². The van der Waals surface area contributed by atoms with E-state index >= 15 is 0 Å². The first-order valence-corrected chi connectivity index (χ1v) is 9.06. The molecule has 1 aromatic carbocycles. The average Bonchev–Trinajstić information content (AvgIpc) is 3.39. The Morgan fingerprint density at radius 3 is 2.61 bits per heavy atom. The number of thiophene rings is 1. The van der Waals surface area contributed by atoms with Crippen LogP contribution >= 0.6 is 11.3 Å². The third-order valence-corrected chi connectivity index (χ3v) is 5.00. The lowest BCUT2D eigenvalue weighted by atomic mass is 10.2. The van der Waals surface area contributed by atoms with Gasteiger partial charge in [0.25, 0.3) is 11.5 Å². The van der Waals surface area contributed by atoms with Gasteiger partial charge in [0.2, 0.25) is 0 Å². The fourth-order valence-electron chi connectivity index (χ4n) is 2.74. The molecule has 0 bridgehead atoms. The van der Waals surface area contributed by atoms with Crippen LogP contribution in [0.4, 0.5) is 0 Å². The van der Waals surface area contributed by atoms with E-state index in [-0.39, 0.29) is 5.56 Å². The number of nitrogens with one attached hydrogen (secondary N) is 1. The van der Waals surface area contributed by atoms with Crippen LogP contribution in [0.2, 0.25) is 0 Å². The van der Waals surface area contributed by atoms with Crippen LogP contribution in [-0.2, 0) is 0 Å². The zero-order valence-corrected chi connectivity index (χ0v) is 15.8. The number of carbonyl (C=O) groups excluding carboxylic acids is 1. The molecule has 28 heavy (non-hydrogen) atoms. The molecule has 0 saturated heterocycles. The first-order chi connectivity index (χ1) is 13.6. The van der Waals surface area contributed by atoms with Gasteiger partial charge in [-0.2, -0.15) is 0 Å². The molecule has 1 N–H and O–H groups in total. The van der Waals surface area contributed by atoms with Gasteiger partial charge in [0.05, 0.1) is 25.9 Å². The predicted molar refractivity (Wildman–Crippen MR) is 105 cm³/mol. The minimum Gasteiger partial charge on any atom is -0.497 e. The topological polar surface area (TPSA) is 95.6 Å². The number of hydrogen-bond acceptors (Lipinski definition) is 7. The van der Waals surface area contributed by atoms with Gasteiger partial charge < -0.3 is 13.9 Å². The number of ether oxygens (including phenoxy) is 2. The summed E-state index contributed by atoms with van der Waals surface area (Å²) >= 11 is 1.33. The molecule has 0 saturated carbocycles. The molecule has 9 heteroatoms. The summed E-state index contributed by atoms with van der Waals surface area (Å²) in [6.45, 7) is 0. The molecule has 4 aromatic rings. The van der Waals surface area contributed by atoms with Gasteiger partial charge in [-0.3, -0.25) is 15.0 Å². The Hall–Kier alpha value is -3.59. The Balaban J connectivity index is 1.72. The van der Waals surface area contributed by atoms with Crippen molar-refractivity contribution in [2.45, 2.75) is 0 Å². The summed E-state index contributed by atoms with van der Waals surface area (Å²) in [5.74, 6) is 0.980. The van der Waals surface area contributed by atoms with Crippen LogP contribution in [0.1, 0.15) is 10.4 Å². The van der Waals surface area contributed by atoms with E-state index in [1.807, 2.05) is 0 Å². The number of benzene rings is 1. The number of amides is 1. The Bertz CT molecular complexity index is 1190. The number of carbonyl (C=O) groups is 1. The van der Waals surface area contributed by atoms with Crippen molar-refractivity contribution in [3.05, 3.63) is 64.2 Å². The van der Waals surface area contributed by atoms with Crippen LogP contribution in [0, 0.1) is 0 Å². The second kappa shape index (κ2) is 7.20. The molecular formula is C19H15N3O5S. The average molecular weight is 397 g/mol. The highest BCUT2D eigenvalue weighted by Gasteiger charge is 2.17. The van der Waals surface area contributed by atoms with Crippen molar-refractivity contribution in [2.24, 2.45) is 0 Å². The highest BCUT2D eigenvalue weighted by molar-refractivity contribution is 7.17. The largest absolute Gasteiger partial charge is 0.497 e. The summed E-state index contributed by atoms with van der Waals surface area (Å²) in [6.07, 6.45) is 2.81. The maximum absolute atomic E-state index is 12.9. The van der Waals surface area contributed by atoms with Crippen molar-refractivity contribution < 1.29 is 18.7 Å². The second-order valence-electron chi connectivity index (χ2n) is 5.77. The van der Waals surface area contributed by atoms with Gasteiger partial charge in [-0.1, -0.05) is 0 Å². The van der Waals surface area contributed by atoms with E-state index in [2.05, 4.69) is 10.4 Å². The van der Waals surface area contributed by atoms with Crippen LogP contribution < -0.4 is 20.5 Å². The fourth-order valence-corrected chi connectivity index (χ4v) is 3.62. The van der Waals surface area contributed by atoms with Gasteiger partial charge in [0, 0.05) is 22.6 Å². The van der Waals surface area contributed by atoms with Crippen molar-refractivity contribution in [3.63, 3.8) is 0 Å². The molecule has 0 aliphatic rings. The summed E-state index contributed by atoms with van der Waals surface area (Å²) in [5.41, 5.74) is 3.06. The van der Waals surface area contributed by atoms with E-state index in [1.165, 1.54) is 38.1 Å². The SMILES string of the molecule is COc1cc(OC)cc(C(=O)Nn2cnc3scc(-c4ccco4)c3c2=O)c1. The normalized spacial score (nSPS) is 10.8. The lowest BCUT2D eigenvalue weighted by molar-refractivity contribution is 0.101. The zero-order valence-electron chi connectivity index (χ0n) is 15.0. The van der Waals surface area contributed by atoms with Gasteiger partial charge >= 0.3 is 0 Å². The van der Waals surface area contributed by atoms with E-state index < -0.39 is 11.5 Å². The van der Waals surface area contributed by atoms with Crippen molar-refractivity contribution in [1.29, 1.82) is 0 Å². The Kier molecular flexibility index (Phi) is 4.58. The highest BCUT2D eigenvalue weighted by atomic mass is 32.1. The van der Waals surface area contributed by atoms with Crippen molar-refractivity contribution >= 4 is 27.5 Å². The molecule has 3 aromatic heterocycles. The number of nitrogens with zero attached hydrogens (tertiary/aromatic N) is 2. The molecule has 0 aliphatic carbocycles. The van der Waals surface area contributed by atoms with E-state index in [4.69, 9.17) is 13.9 Å². The summed E-state index contributed by atoms with van der Waals surface area (Å²) < 4.78 is 16.8. The number of furan rings is 1. The Morgan fingerprint density at radius 1 is 1.21 bits per heavy atom. The molecule has 8 nitrogen and oxygen atoms in total. The van der Waals surface area contributed by atoms with Gasteiger partial charge in [-0.25, -0.2) is 9.66 Å². The lowest BCUT2D eigenvalue weighted by Crippen LogP contribution is -2.33. The zero-order chi connectivity index (χ0) is 19.7. The number of methoxy groups -OCH3 is 2. The van der Waals surface area contributed by atoms with Crippen molar-refractivity contribution in [3.8, 4) is 22.8 Å². The molecule has 0 aliphatic heterocycles. The van der Waals surface area contributed by atoms with Gasteiger partial charge in [0.15, 0.2) is 0 Å². The minimum atomic E-state index is -0.504. The summed E-state index contributed by atoms with van der Waals surface area (Å²) in [6, 6.07) is 8.25. The van der Waals surface area contributed by atoms with E-state index in [0.29, 0.717) is 33.0 Å². The monoisotopic (exact) mass is 397 g/mol. The van der Waals surface area contributed by atoms with E-state index in [9.17, 15) is 9.59 Å². The number of hydrogen-bond donors (Lipinski definition) is 1. The van der Waals surface area contributed by atoms with E-state index in [0.717, 1.165) is 4.68 Å². The molecule has 142 valence electrons. The first kappa shape index (κ1) is 17.8. The lowest BCUT2D eigenvalue weighted by Gasteiger charge is -2.10.